The van der Waals surface area contributed by atoms with Gasteiger partial charge in [0.1, 0.15) is 11.8 Å². The highest BCUT2D eigenvalue weighted by Gasteiger charge is 2.17. The predicted molar refractivity (Wildman–Crippen MR) is 62.1 cm³/mol. The molecule has 0 bridgehead atoms. The van der Waals surface area contributed by atoms with E-state index in [0.29, 0.717) is 11.6 Å². The van der Waals surface area contributed by atoms with Crippen molar-refractivity contribution in [1.29, 1.82) is 0 Å². The smallest absolute Gasteiger partial charge is 0.290 e. The number of rotatable bonds is 3. The molecule has 0 aromatic carbocycles. The van der Waals surface area contributed by atoms with Gasteiger partial charge in [-0.25, -0.2) is 4.98 Å². The SMILES string of the molecule is Cc1nc(OC2CCCNC2)ccc1[N+](=O)[O-]. The summed E-state index contributed by atoms with van der Waals surface area (Å²) >= 11 is 0. The number of piperidine rings is 1. The van der Waals surface area contributed by atoms with Crippen molar-refractivity contribution in [2.45, 2.75) is 25.9 Å². The maximum atomic E-state index is 10.6. The summed E-state index contributed by atoms with van der Waals surface area (Å²) in [6, 6.07) is 2.99. The van der Waals surface area contributed by atoms with Crippen molar-refractivity contribution < 1.29 is 9.66 Å². The van der Waals surface area contributed by atoms with E-state index in [0.717, 1.165) is 25.9 Å². The van der Waals surface area contributed by atoms with Crippen molar-refractivity contribution in [3.05, 3.63) is 27.9 Å². The van der Waals surface area contributed by atoms with Crippen LogP contribution in [-0.4, -0.2) is 29.1 Å². The fourth-order valence-corrected chi connectivity index (χ4v) is 1.88. The van der Waals surface area contributed by atoms with E-state index in [-0.39, 0.29) is 11.8 Å². The molecule has 2 heterocycles. The third-order valence-corrected chi connectivity index (χ3v) is 2.77. The molecular weight excluding hydrogens is 222 g/mol. The molecule has 1 fully saturated rings. The number of aromatic nitrogens is 1. The van der Waals surface area contributed by atoms with Gasteiger partial charge in [-0.2, -0.15) is 0 Å². The first kappa shape index (κ1) is 11.8. The summed E-state index contributed by atoms with van der Waals surface area (Å²) in [5, 5.41) is 13.9. The van der Waals surface area contributed by atoms with Gasteiger partial charge in [0.15, 0.2) is 0 Å². The van der Waals surface area contributed by atoms with Crippen LogP contribution >= 0.6 is 0 Å². The zero-order valence-corrected chi connectivity index (χ0v) is 9.68. The van der Waals surface area contributed by atoms with Crippen LogP contribution in [0.25, 0.3) is 0 Å². The van der Waals surface area contributed by atoms with E-state index in [4.69, 9.17) is 4.74 Å². The van der Waals surface area contributed by atoms with E-state index in [1.165, 1.54) is 6.07 Å². The minimum atomic E-state index is -0.436. The Labute approximate surface area is 99.2 Å². The molecule has 0 aliphatic carbocycles. The summed E-state index contributed by atoms with van der Waals surface area (Å²) in [4.78, 5) is 14.3. The predicted octanol–water partition coefficient (Wildman–Crippen LogP) is 1.43. The minimum absolute atomic E-state index is 0.0270. The number of nitro groups is 1. The topological polar surface area (TPSA) is 77.3 Å². The molecule has 1 aliphatic heterocycles. The summed E-state index contributed by atoms with van der Waals surface area (Å²) < 4.78 is 5.67. The molecule has 1 N–H and O–H groups in total. The Morgan fingerprint density at radius 1 is 1.59 bits per heavy atom. The third-order valence-electron chi connectivity index (χ3n) is 2.77. The van der Waals surface area contributed by atoms with Gasteiger partial charge in [-0.1, -0.05) is 0 Å². The Bertz CT molecular complexity index is 416. The summed E-state index contributed by atoms with van der Waals surface area (Å²) in [5.41, 5.74) is 0.412. The molecule has 92 valence electrons. The van der Waals surface area contributed by atoms with Gasteiger partial charge in [0.2, 0.25) is 5.88 Å². The lowest BCUT2D eigenvalue weighted by Crippen LogP contribution is -2.37. The second kappa shape index (κ2) is 5.09. The highest BCUT2D eigenvalue weighted by atomic mass is 16.6. The number of hydrogen-bond donors (Lipinski definition) is 1. The highest BCUT2D eigenvalue weighted by Crippen LogP contribution is 2.20. The lowest BCUT2D eigenvalue weighted by Gasteiger charge is -2.23. The fourth-order valence-electron chi connectivity index (χ4n) is 1.88. The van der Waals surface area contributed by atoms with Crippen molar-refractivity contribution in [2.24, 2.45) is 0 Å². The molecular formula is C11H15N3O3. The van der Waals surface area contributed by atoms with E-state index in [1.807, 2.05) is 0 Å². The molecule has 0 radical (unpaired) electrons. The molecule has 1 aromatic heterocycles. The average Bonchev–Trinajstić information content (AvgIpc) is 2.30. The number of pyridine rings is 1. The largest absolute Gasteiger partial charge is 0.473 e. The number of nitrogens with one attached hydrogen (secondary N) is 1. The van der Waals surface area contributed by atoms with Crippen LogP contribution in [0.2, 0.25) is 0 Å². The van der Waals surface area contributed by atoms with Crippen molar-refractivity contribution in [3.63, 3.8) is 0 Å². The van der Waals surface area contributed by atoms with Gasteiger partial charge in [0.25, 0.3) is 5.69 Å². The molecule has 0 amide bonds. The molecule has 1 saturated heterocycles. The third kappa shape index (κ3) is 2.91. The van der Waals surface area contributed by atoms with Gasteiger partial charge >= 0.3 is 0 Å². The van der Waals surface area contributed by atoms with Crippen LogP contribution in [0.3, 0.4) is 0 Å². The van der Waals surface area contributed by atoms with E-state index in [9.17, 15) is 10.1 Å². The van der Waals surface area contributed by atoms with Gasteiger partial charge in [0, 0.05) is 18.7 Å². The molecule has 0 spiro atoms. The van der Waals surface area contributed by atoms with Crippen molar-refractivity contribution >= 4 is 5.69 Å². The number of nitrogens with zero attached hydrogens (tertiary/aromatic N) is 2. The van der Waals surface area contributed by atoms with Crippen LogP contribution in [0.5, 0.6) is 5.88 Å². The summed E-state index contributed by atoms with van der Waals surface area (Å²) in [5.74, 6) is 0.460. The van der Waals surface area contributed by atoms with E-state index < -0.39 is 4.92 Å². The molecule has 1 unspecified atom stereocenters. The normalized spacial score (nSPS) is 19.9. The quantitative estimate of drug-likeness (QED) is 0.635. The minimum Gasteiger partial charge on any atom is -0.473 e. The molecule has 17 heavy (non-hydrogen) atoms. The van der Waals surface area contributed by atoms with Gasteiger partial charge in [-0.15, -0.1) is 0 Å². The van der Waals surface area contributed by atoms with Crippen LogP contribution in [0.15, 0.2) is 12.1 Å². The second-order valence-electron chi connectivity index (χ2n) is 4.10. The first-order chi connectivity index (χ1) is 8.16. The first-order valence-electron chi connectivity index (χ1n) is 5.66. The Morgan fingerprint density at radius 3 is 3.00 bits per heavy atom. The molecule has 1 aliphatic rings. The zero-order chi connectivity index (χ0) is 12.3. The Balaban J connectivity index is 2.06. The van der Waals surface area contributed by atoms with Gasteiger partial charge in [-0.3, -0.25) is 10.1 Å². The Kier molecular flexibility index (Phi) is 3.53. The van der Waals surface area contributed by atoms with Crippen molar-refractivity contribution in [2.75, 3.05) is 13.1 Å². The van der Waals surface area contributed by atoms with Crippen LogP contribution in [-0.2, 0) is 0 Å². The van der Waals surface area contributed by atoms with Gasteiger partial charge < -0.3 is 10.1 Å². The lowest BCUT2D eigenvalue weighted by atomic mass is 10.1. The molecule has 1 atom stereocenters. The Morgan fingerprint density at radius 2 is 2.41 bits per heavy atom. The van der Waals surface area contributed by atoms with E-state index in [1.54, 1.807) is 13.0 Å². The molecule has 1 aromatic rings. The van der Waals surface area contributed by atoms with Crippen molar-refractivity contribution in [1.82, 2.24) is 10.3 Å². The fraction of sp³-hybridized carbons (Fsp3) is 0.545. The van der Waals surface area contributed by atoms with E-state index >= 15 is 0 Å². The van der Waals surface area contributed by atoms with Gasteiger partial charge in [0.05, 0.1) is 4.92 Å². The number of aryl methyl sites for hydroxylation is 1. The van der Waals surface area contributed by atoms with E-state index in [2.05, 4.69) is 10.3 Å². The van der Waals surface area contributed by atoms with Crippen LogP contribution in [0.4, 0.5) is 5.69 Å². The zero-order valence-electron chi connectivity index (χ0n) is 9.68. The molecule has 6 nitrogen and oxygen atoms in total. The molecule has 6 heteroatoms. The first-order valence-corrected chi connectivity index (χ1v) is 5.66. The lowest BCUT2D eigenvalue weighted by molar-refractivity contribution is -0.385. The monoisotopic (exact) mass is 237 g/mol. The highest BCUT2D eigenvalue weighted by molar-refractivity contribution is 5.36. The Hall–Kier alpha value is -1.69. The van der Waals surface area contributed by atoms with Crippen LogP contribution in [0.1, 0.15) is 18.5 Å². The maximum absolute atomic E-state index is 10.6. The summed E-state index contributed by atoms with van der Waals surface area (Å²) in [6.07, 6.45) is 2.18. The number of ether oxygens (including phenoxy) is 1. The summed E-state index contributed by atoms with van der Waals surface area (Å²) in [7, 11) is 0. The molecule has 0 saturated carbocycles. The number of hydrogen-bond acceptors (Lipinski definition) is 5. The summed E-state index contributed by atoms with van der Waals surface area (Å²) in [6.45, 7) is 3.44. The standard InChI is InChI=1S/C11H15N3O3/c1-8-10(14(15)16)4-5-11(13-8)17-9-3-2-6-12-7-9/h4-5,9,12H,2-3,6-7H2,1H3. The van der Waals surface area contributed by atoms with Crippen LogP contribution in [0, 0.1) is 17.0 Å². The van der Waals surface area contributed by atoms with Gasteiger partial charge in [-0.05, 0) is 26.3 Å². The molecule has 2 rings (SSSR count). The van der Waals surface area contributed by atoms with Crippen molar-refractivity contribution in [3.8, 4) is 5.88 Å². The maximum Gasteiger partial charge on any atom is 0.290 e. The average molecular weight is 237 g/mol. The second-order valence-corrected chi connectivity index (χ2v) is 4.10. The van der Waals surface area contributed by atoms with Crippen LogP contribution < -0.4 is 10.1 Å².